The van der Waals surface area contributed by atoms with E-state index >= 15 is 0 Å². The van der Waals surface area contributed by atoms with Crippen LogP contribution in [0.4, 0.5) is 0 Å². The maximum absolute atomic E-state index is 13.9. The Hall–Kier alpha value is -2.92. The maximum atomic E-state index is 13.9. The van der Waals surface area contributed by atoms with Crippen molar-refractivity contribution in [1.82, 2.24) is 19.6 Å². The molecule has 4 heterocycles. The van der Waals surface area contributed by atoms with Gasteiger partial charge in [-0.05, 0) is 43.9 Å². The largest absolute Gasteiger partial charge is 0.336 e. The molecule has 0 saturated carbocycles. The molecule has 164 valence electrons. The molecule has 3 aliphatic rings. The molecule has 5 nitrogen and oxygen atoms in total. The zero-order chi connectivity index (χ0) is 21.9. The summed E-state index contributed by atoms with van der Waals surface area (Å²) in [6.07, 6.45) is 5.28. The van der Waals surface area contributed by atoms with Crippen molar-refractivity contribution in [1.29, 1.82) is 0 Å². The lowest BCUT2D eigenvalue weighted by Crippen LogP contribution is -2.49. The normalized spacial score (nSPS) is 27.2. The van der Waals surface area contributed by atoms with Gasteiger partial charge in [0.1, 0.15) is 5.54 Å². The third kappa shape index (κ3) is 2.80. The van der Waals surface area contributed by atoms with Crippen molar-refractivity contribution in [3.05, 3.63) is 77.5 Å². The molecular weight excluding hydrogens is 396 g/mol. The van der Waals surface area contributed by atoms with Gasteiger partial charge in [-0.25, -0.2) is 0 Å². The highest BCUT2D eigenvalue weighted by Gasteiger charge is 2.65. The molecule has 3 aromatic rings. The van der Waals surface area contributed by atoms with Crippen LogP contribution in [0.5, 0.6) is 0 Å². The molecule has 0 bridgehead atoms. The molecule has 5 heteroatoms. The summed E-state index contributed by atoms with van der Waals surface area (Å²) in [5.74, 6) is 0.728. The Morgan fingerprint density at radius 1 is 1.09 bits per heavy atom. The van der Waals surface area contributed by atoms with E-state index in [1.54, 1.807) is 0 Å². The van der Waals surface area contributed by atoms with Gasteiger partial charge in [0, 0.05) is 49.4 Å². The Morgan fingerprint density at radius 3 is 2.69 bits per heavy atom. The average molecular weight is 427 g/mol. The number of hydrogen-bond acceptors (Lipinski definition) is 3. The summed E-state index contributed by atoms with van der Waals surface area (Å²) in [6, 6.07) is 19.2. The van der Waals surface area contributed by atoms with Crippen molar-refractivity contribution in [3.63, 3.8) is 0 Å². The number of likely N-dealkylation sites (tertiary alicyclic amines) is 1. The van der Waals surface area contributed by atoms with E-state index in [1.165, 1.54) is 16.7 Å². The van der Waals surface area contributed by atoms with E-state index in [0.29, 0.717) is 11.8 Å². The molecule has 1 spiro atoms. The summed E-state index contributed by atoms with van der Waals surface area (Å²) in [5.41, 5.74) is 5.69. The van der Waals surface area contributed by atoms with Gasteiger partial charge in [-0.3, -0.25) is 14.4 Å². The second-order valence-electron chi connectivity index (χ2n) is 9.75. The van der Waals surface area contributed by atoms with E-state index in [-0.39, 0.29) is 11.6 Å². The molecule has 1 amide bonds. The first-order chi connectivity index (χ1) is 15.6. The summed E-state index contributed by atoms with van der Waals surface area (Å²) in [7, 11) is 2.00. The molecule has 0 unspecified atom stereocenters. The minimum absolute atomic E-state index is 0.260. The standard InChI is InChI=1S/C27H30N4O/c1-19-9-6-7-12-21(19)16-30-17-22-15-24(31-14-8-13-27(22,31)26(30)32)23-18-29(2)28-25(23)20-10-4-3-5-11-20/h3-7,9-12,18,22,24H,8,13-17H2,1-2H3/t22-,24-,27-/m0/s1. The Bertz CT molecular complexity index is 1170. The van der Waals surface area contributed by atoms with Gasteiger partial charge in [0.2, 0.25) is 5.91 Å². The molecule has 0 aliphatic carbocycles. The molecule has 32 heavy (non-hydrogen) atoms. The Balaban J connectivity index is 1.33. The summed E-state index contributed by atoms with van der Waals surface area (Å²) >= 11 is 0. The van der Waals surface area contributed by atoms with Crippen LogP contribution < -0.4 is 0 Å². The highest BCUT2D eigenvalue weighted by molar-refractivity contribution is 5.90. The SMILES string of the molecule is Cc1ccccc1CN1C[C@@H]2C[C@@H](c3cn(C)nc3-c3ccccc3)N3CCC[C@@]23C1=O. The second kappa shape index (κ2) is 7.31. The van der Waals surface area contributed by atoms with Gasteiger partial charge in [-0.2, -0.15) is 5.10 Å². The number of aromatic nitrogens is 2. The number of aryl methyl sites for hydroxylation is 2. The molecule has 0 radical (unpaired) electrons. The fourth-order valence-corrected chi connectivity index (χ4v) is 6.57. The van der Waals surface area contributed by atoms with Crippen LogP contribution in [0, 0.1) is 12.8 Å². The van der Waals surface area contributed by atoms with Gasteiger partial charge < -0.3 is 4.90 Å². The number of rotatable bonds is 4. The van der Waals surface area contributed by atoms with Gasteiger partial charge in [0.05, 0.1) is 5.69 Å². The van der Waals surface area contributed by atoms with Crippen LogP contribution in [0.1, 0.15) is 42.0 Å². The first-order valence-corrected chi connectivity index (χ1v) is 11.8. The van der Waals surface area contributed by atoms with Crippen molar-refractivity contribution >= 4 is 5.91 Å². The third-order valence-electron chi connectivity index (χ3n) is 8.01. The molecule has 3 saturated heterocycles. The number of benzene rings is 2. The van der Waals surface area contributed by atoms with Crippen LogP contribution in [-0.4, -0.2) is 44.1 Å². The van der Waals surface area contributed by atoms with E-state index in [0.717, 1.165) is 50.2 Å². The summed E-state index contributed by atoms with van der Waals surface area (Å²) < 4.78 is 1.93. The zero-order valence-electron chi connectivity index (χ0n) is 18.9. The quantitative estimate of drug-likeness (QED) is 0.623. The van der Waals surface area contributed by atoms with Gasteiger partial charge in [0.15, 0.2) is 0 Å². The number of nitrogens with zero attached hydrogens (tertiary/aromatic N) is 4. The fraction of sp³-hybridized carbons (Fsp3) is 0.407. The molecular formula is C27H30N4O. The second-order valence-corrected chi connectivity index (χ2v) is 9.75. The molecule has 3 atom stereocenters. The maximum Gasteiger partial charge on any atom is 0.243 e. The Morgan fingerprint density at radius 2 is 1.88 bits per heavy atom. The predicted octanol–water partition coefficient (Wildman–Crippen LogP) is 4.33. The summed E-state index contributed by atoms with van der Waals surface area (Å²) in [6.45, 7) is 4.72. The van der Waals surface area contributed by atoms with Gasteiger partial charge in [-0.15, -0.1) is 0 Å². The van der Waals surface area contributed by atoms with Crippen molar-refractivity contribution in [2.24, 2.45) is 13.0 Å². The number of amides is 1. The van der Waals surface area contributed by atoms with Crippen molar-refractivity contribution in [3.8, 4) is 11.3 Å². The lowest BCUT2D eigenvalue weighted by molar-refractivity contribution is -0.137. The van der Waals surface area contributed by atoms with Crippen LogP contribution >= 0.6 is 0 Å². The zero-order valence-corrected chi connectivity index (χ0v) is 18.9. The monoisotopic (exact) mass is 426 g/mol. The fourth-order valence-electron chi connectivity index (χ4n) is 6.57. The van der Waals surface area contributed by atoms with Crippen molar-refractivity contribution in [2.75, 3.05) is 13.1 Å². The highest BCUT2D eigenvalue weighted by Crippen LogP contribution is 2.57. The van der Waals surface area contributed by atoms with Crippen LogP contribution in [0.25, 0.3) is 11.3 Å². The minimum atomic E-state index is -0.322. The van der Waals surface area contributed by atoms with Gasteiger partial charge >= 0.3 is 0 Å². The smallest absolute Gasteiger partial charge is 0.243 e. The molecule has 1 aromatic heterocycles. The van der Waals surface area contributed by atoms with Crippen LogP contribution in [0.2, 0.25) is 0 Å². The molecule has 2 aromatic carbocycles. The number of carbonyl (C=O) groups excluding carboxylic acids is 1. The van der Waals surface area contributed by atoms with Gasteiger partial charge in [-0.1, -0.05) is 54.6 Å². The first-order valence-electron chi connectivity index (χ1n) is 11.8. The number of hydrogen-bond donors (Lipinski definition) is 0. The van der Waals surface area contributed by atoms with Crippen LogP contribution in [0.15, 0.2) is 60.8 Å². The van der Waals surface area contributed by atoms with E-state index in [1.807, 2.05) is 17.8 Å². The molecule has 0 N–H and O–H groups in total. The highest BCUT2D eigenvalue weighted by atomic mass is 16.2. The molecule has 3 aliphatic heterocycles. The minimum Gasteiger partial charge on any atom is -0.336 e. The lowest BCUT2D eigenvalue weighted by atomic mass is 9.85. The van der Waals surface area contributed by atoms with Crippen LogP contribution in [0.3, 0.4) is 0 Å². The Labute approximate surface area is 189 Å². The van der Waals surface area contributed by atoms with E-state index in [2.05, 4.69) is 71.5 Å². The van der Waals surface area contributed by atoms with E-state index in [4.69, 9.17) is 5.10 Å². The number of carbonyl (C=O) groups is 1. The van der Waals surface area contributed by atoms with Crippen molar-refractivity contribution < 1.29 is 4.79 Å². The van der Waals surface area contributed by atoms with E-state index < -0.39 is 0 Å². The summed E-state index contributed by atoms with van der Waals surface area (Å²) in [5, 5.41) is 4.83. The molecule has 6 rings (SSSR count). The summed E-state index contributed by atoms with van der Waals surface area (Å²) in [4.78, 5) is 18.6. The molecule has 3 fully saturated rings. The van der Waals surface area contributed by atoms with Crippen LogP contribution in [-0.2, 0) is 18.4 Å². The first kappa shape index (κ1) is 19.7. The van der Waals surface area contributed by atoms with E-state index in [9.17, 15) is 4.79 Å². The lowest BCUT2D eigenvalue weighted by Gasteiger charge is -2.33. The average Bonchev–Trinajstić information content (AvgIpc) is 3.53. The van der Waals surface area contributed by atoms with Gasteiger partial charge in [0.25, 0.3) is 0 Å². The third-order valence-corrected chi connectivity index (χ3v) is 8.01. The van der Waals surface area contributed by atoms with Crippen molar-refractivity contribution in [2.45, 2.75) is 44.3 Å². The topological polar surface area (TPSA) is 41.4 Å². The predicted molar refractivity (Wildman–Crippen MR) is 125 cm³/mol. The Kier molecular flexibility index (Phi) is 4.51.